The quantitative estimate of drug-likeness (QED) is 0.459. The highest BCUT2D eigenvalue weighted by Crippen LogP contribution is 2.30. The second-order valence-corrected chi connectivity index (χ2v) is 10.3. The van der Waals surface area contributed by atoms with E-state index in [4.69, 9.17) is 4.74 Å². The average molecular weight is 492 g/mol. The maximum absolute atomic E-state index is 13.1. The van der Waals surface area contributed by atoms with E-state index in [1.54, 1.807) is 30.3 Å². The van der Waals surface area contributed by atoms with Gasteiger partial charge in [0.1, 0.15) is 11.6 Å². The minimum Gasteiger partial charge on any atom is -0.492 e. The average Bonchev–Trinajstić information content (AvgIpc) is 2.81. The van der Waals surface area contributed by atoms with Gasteiger partial charge in [0.15, 0.2) is 0 Å². The zero-order valence-electron chi connectivity index (χ0n) is 19.9. The number of hydrogen-bond donors (Lipinski definition) is 3. The molecule has 1 aliphatic carbocycles. The van der Waals surface area contributed by atoms with Crippen molar-refractivity contribution in [1.82, 2.24) is 10.0 Å². The van der Waals surface area contributed by atoms with Gasteiger partial charge in [-0.3, -0.25) is 4.79 Å². The van der Waals surface area contributed by atoms with Crippen LogP contribution in [-0.4, -0.2) is 33.5 Å². The van der Waals surface area contributed by atoms with E-state index in [-0.39, 0.29) is 34.6 Å². The van der Waals surface area contributed by atoms with E-state index in [2.05, 4.69) is 15.4 Å². The third kappa shape index (κ3) is 6.70. The maximum atomic E-state index is 13.1. The third-order valence-electron chi connectivity index (χ3n) is 6.08. The van der Waals surface area contributed by atoms with Crippen molar-refractivity contribution < 1.29 is 22.3 Å². The van der Waals surface area contributed by atoms with Gasteiger partial charge in [-0.1, -0.05) is 12.1 Å². The van der Waals surface area contributed by atoms with Crippen LogP contribution in [-0.2, 0) is 14.8 Å². The van der Waals surface area contributed by atoms with Crippen LogP contribution in [0.15, 0.2) is 47.4 Å². The van der Waals surface area contributed by atoms with Gasteiger partial charge < -0.3 is 15.4 Å². The molecule has 1 atom stereocenters. The van der Waals surface area contributed by atoms with Gasteiger partial charge in [-0.25, -0.2) is 17.5 Å². The summed E-state index contributed by atoms with van der Waals surface area (Å²) in [7, 11) is -3.71. The summed E-state index contributed by atoms with van der Waals surface area (Å²) in [6, 6.07) is 10.4. The van der Waals surface area contributed by atoms with Crippen molar-refractivity contribution >= 4 is 21.6 Å². The van der Waals surface area contributed by atoms with Crippen molar-refractivity contribution in [2.45, 2.75) is 63.4 Å². The molecule has 1 saturated carbocycles. The molecule has 2 aromatic carbocycles. The highest BCUT2D eigenvalue weighted by Gasteiger charge is 2.30. The SMILES string of the molecule is CCNc1cc(S(=O)(=O)N[C@H]2CC[C@H](C(=O)N[C@H](C)c3ccc(F)cc3)CC2)ccc1OCC. The van der Waals surface area contributed by atoms with Crippen molar-refractivity contribution in [2.24, 2.45) is 5.92 Å². The Balaban J connectivity index is 1.56. The molecule has 7 nitrogen and oxygen atoms in total. The molecule has 34 heavy (non-hydrogen) atoms. The molecule has 186 valence electrons. The van der Waals surface area contributed by atoms with Crippen LogP contribution in [0, 0.1) is 11.7 Å². The summed E-state index contributed by atoms with van der Waals surface area (Å²) in [5.74, 6) is 0.0743. The lowest BCUT2D eigenvalue weighted by molar-refractivity contribution is -0.126. The Morgan fingerprint density at radius 1 is 1.09 bits per heavy atom. The molecule has 1 fully saturated rings. The van der Waals surface area contributed by atoms with Gasteiger partial charge in [-0.2, -0.15) is 0 Å². The van der Waals surface area contributed by atoms with Gasteiger partial charge >= 0.3 is 0 Å². The van der Waals surface area contributed by atoms with Crippen molar-refractivity contribution in [2.75, 3.05) is 18.5 Å². The highest BCUT2D eigenvalue weighted by atomic mass is 32.2. The molecule has 3 rings (SSSR count). The van der Waals surface area contributed by atoms with Gasteiger partial charge in [0.05, 0.1) is 23.2 Å². The van der Waals surface area contributed by atoms with Crippen LogP contribution in [0.2, 0.25) is 0 Å². The topological polar surface area (TPSA) is 96.5 Å². The normalized spacial score (nSPS) is 19.3. The molecule has 2 aromatic rings. The number of ether oxygens (including phenoxy) is 1. The van der Waals surface area contributed by atoms with Crippen molar-refractivity contribution in [1.29, 1.82) is 0 Å². The van der Waals surface area contributed by atoms with E-state index in [1.165, 1.54) is 12.1 Å². The largest absolute Gasteiger partial charge is 0.492 e. The maximum Gasteiger partial charge on any atom is 0.240 e. The van der Waals surface area contributed by atoms with E-state index in [1.807, 2.05) is 20.8 Å². The van der Waals surface area contributed by atoms with Crippen LogP contribution in [0.3, 0.4) is 0 Å². The Labute approximate surface area is 201 Å². The van der Waals surface area contributed by atoms with Gasteiger partial charge in [-0.05, 0) is 82.3 Å². The molecule has 0 saturated heterocycles. The second-order valence-electron chi connectivity index (χ2n) is 8.57. The number of benzene rings is 2. The van der Waals surface area contributed by atoms with Crippen LogP contribution in [0.1, 0.15) is 58.1 Å². The molecule has 3 N–H and O–H groups in total. The fourth-order valence-corrected chi connectivity index (χ4v) is 5.54. The molecule has 1 amide bonds. The first kappa shape index (κ1) is 26.0. The molecule has 0 aromatic heterocycles. The Bertz CT molecular complexity index is 1070. The van der Waals surface area contributed by atoms with Crippen LogP contribution < -0.4 is 20.1 Å². The summed E-state index contributed by atoms with van der Waals surface area (Å²) >= 11 is 0. The number of sulfonamides is 1. The predicted molar refractivity (Wildman–Crippen MR) is 131 cm³/mol. The number of rotatable bonds is 10. The monoisotopic (exact) mass is 491 g/mol. The number of anilines is 1. The Hall–Kier alpha value is -2.65. The first-order chi connectivity index (χ1) is 16.2. The molecule has 0 aliphatic heterocycles. The number of amides is 1. The predicted octanol–water partition coefficient (Wildman–Crippen LogP) is 4.37. The fourth-order valence-electron chi connectivity index (χ4n) is 4.21. The van der Waals surface area contributed by atoms with Gasteiger partial charge in [0.25, 0.3) is 0 Å². The molecule has 0 bridgehead atoms. The number of nitrogens with one attached hydrogen (secondary N) is 3. The lowest BCUT2D eigenvalue weighted by Gasteiger charge is -2.29. The number of halogens is 1. The van der Waals surface area contributed by atoms with E-state index in [9.17, 15) is 17.6 Å². The van der Waals surface area contributed by atoms with E-state index in [0.29, 0.717) is 50.3 Å². The van der Waals surface area contributed by atoms with Crippen LogP contribution in [0.25, 0.3) is 0 Å². The molecule has 0 radical (unpaired) electrons. The number of carbonyl (C=O) groups is 1. The van der Waals surface area contributed by atoms with E-state index < -0.39 is 10.0 Å². The zero-order chi connectivity index (χ0) is 24.7. The molecular formula is C25H34FN3O4S. The summed E-state index contributed by atoms with van der Waals surface area (Å²) in [6.07, 6.45) is 2.36. The molecule has 0 heterocycles. The summed E-state index contributed by atoms with van der Waals surface area (Å²) in [5.41, 5.74) is 1.48. The van der Waals surface area contributed by atoms with Crippen molar-refractivity contribution in [3.8, 4) is 5.75 Å². The lowest BCUT2D eigenvalue weighted by atomic mass is 9.85. The molecule has 0 spiro atoms. The first-order valence-corrected chi connectivity index (χ1v) is 13.3. The summed E-state index contributed by atoms with van der Waals surface area (Å²) in [6.45, 7) is 6.81. The minimum atomic E-state index is -3.71. The van der Waals surface area contributed by atoms with E-state index in [0.717, 1.165) is 5.56 Å². The smallest absolute Gasteiger partial charge is 0.240 e. The van der Waals surface area contributed by atoms with Gasteiger partial charge in [0.2, 0.25) is 15.9 Å². The van der Waals surface area contributed by atoms with Gasteiger partial charge in [-0.15, -0.1) is 0 Å². The lowest BCUT2D eigenvalue weighted by Crippen LogP contribution is -2.41. The molecular weight excluding hydrogens is 457 g/mol. The van der Waals surface area contributed by atoms with E-state index >= 15 is 0 Å². The Morgan fingerprint density at radius 3 is 2.38 bits per heavy atom. The van der Waals surface area contributed by atoms with Crippen LogP contribution in [0.4, 0.5) is 10.1 Å². The summed E-state index contributed by atoms with van der Waals surface area (Å²) < 4.78 is 47.5. The number of carbonyl (C=O) groups excluding carboxylic acids is 1. The van der Waals surface area contributed by atoms with Crippen molar-refractivity contribution in [3.63, 3.8) is 0 Å². The Kier molecular flexibility index (Phi) is 8.90. The zero-order valence-corrected chi connectivity index (χ0v) is 20.8. The standard InChI is InChI=1S/C25H34FN3O4S/c1-4-27-23-16-22(14-15-24(23)33-5-2)34(31,32)29-21-12-8-19(9-13-21)25(30)28-17(3)18-6-10-20(26)11-7-18/h6-7,10-11,14-17,19,21,27,29H,4-5,8-9,12-13H2,1-3H3,(H,28,30)/t17-,19-,21-/m1/s1. The van der Waals surface area contributed by atoms with Crippen LogP contribution >= 0.6 is 0 Å². The van der Waals surface area contributed by atoms with Crippen LogP contribution in [0.5, 0.6) is 5.75 Å². The second kappa shape index (κ2) is 11.7. The third-order valence-corrected chi connectivity index (χ3v) is 7.60. The van der Waals surface area contributed by atoms with Crippen molar-refractivity contribution in [3.05, 3.63) is 53.8 Å². The first-order valence-electron chi connectivity index (χ1n) is 11.8. The molecule has 1 aliphatic rings. The summed E-state index contributed by atoms with van der Waals surface area (Å²) in [5, 5.41) is 6.13. The summed E-state index contributed by atoms with van der Waals surface area (Å²) in [4.78, 5) is 12.9. The number of hydrogen-bond acceptors (Lipinski definition) is 5. The molecule has 0 unspecified atom stereocenters. The highest BCUT2D eigenvalue weighted by molar-refractivity contribution is 7.89. The molecule has 9 heteroatoms. The van der Waals surface area contributed by atoms with Gasteiger partial charge in [0, 0.05) is 18.5 Å². The minimum absolute atomic E-state index is 0.0556. The fraction of sp³-hybridized carbons (Fsp3) is 0.480. The Morgan fingerprint density at radius 2 is 1.76 bits per heavy atom.